The molecule has 0 radical (unpaired) electrons. The first-order valence-electron chi connectivity index (χ1n) is 3.40. The van der Waals surface area contributed by atoms with Gasteiger partial charge in [0.2, 0.25) is 0 Å². The van der Waals surface area contributed by atoms with Gasteiger partial charge < -0.3 is 0 Å². The molecule has 0 aliphatic rings. The van der Waals surface area contributed by atoms with Crippen LogP contribution in [-0.4, -0.2) is 4.32 Å². The summed E-state index contributed by atoms with van der Waals surface area (Å²) in [4.78, 5) is 0. The van der Waals surface area contributed by atoms with E-state index in [9.17, 15) is 0 Å². The lowest BCUT2D eigenvalue weighted by atomic mass is 10.1. The van der Waals surface area contributed by atoms with Crippen LogP contribution in [0.15, 0.2) is 10.6 Å². The van der Waals surface area contributed by atoms with Crippen molar-refractivity contribution < 1.29 is 0 Å². The van der Waals surface area contributed by atoms with Crippen LogP contribution in [0.3, 0.4) is 0 Å². The minimum atomic E-state index is 0.0806. The van der Waals surface area contributed by atoms with Gasteiger partial charge in [0, 0.05) is 4.48 Å². The summed E-state index contributed by atoms with van der Waals surface area (Å²) >= 11 is 7.07. The smallest absolute Gasteiger partial charge is 0.0512 e. The van der Waals surface area contributed by atoms with Crippen molar-refractivity contribution in [3.63, 3.8) is 0 Å². The Morgan fingerprint density at radius 2 is 1.80 bits per heavy atom. The van der Waals surface area contributed by atoms with E-state index in [1.807, 2.05) is 0 Å². The lowest BCUT2D eigenvalue weighted by molar-refractivity contribution is 0.804. The summed E-state index contributed by atoms with van der Waals surface area (Å²) in [5, 5.41) is 0. The van der Waals surface area contributed by atoms with Gasteiger partial charge in [-0.15, -0.1) is 0 Å². The molecule has 0 aromatic rings. The van der Waals surface area contributed by atoms with Crippen LogP contribution in [0.25, 0.3) is 0 Å². The summed E-state index contributed by atoms with van der Waals surface area (Å²) in [6.45, 7) is 8.58. The molecule has 0 fully saturated rings. The molecule has 60 valence electrons. The number of hydrogen-bond acceptors (Lipinski definition) is 0. The molecule has 0 nitrogen and oxygen atoms in total. The molecule has 0 saturated heterocycles. The van der Waals surface area contributed by atoms with Gasteiger partial charge in [0.05, 0.1) is 4.32 Å². The Bertz CT molecular complexity index is 129. The first-order chi connectivity index (χ1) is 4.34. The van der Waals surface area contributed by atoms with Crippen LogP contribution in [0, 0.1) is 5.92 Å². The van der Waals surface area contributed by atoms with Crippen molar-refractivity contribution in [2.75, 3.05) is 0 Å². The van der Waals surface area contributed by atoms with Gasteiger partial charge in [-0.1, -0.05) is 51.8 Å². The Morgan fingerprint density at radius 1 is 1.40 bits per heavy atom. The van der Waals surface area contributed by atoms with Crippen LogP contribution in [0.1, 0.15) is 27.7 Å². The van der Waals surface area contributed by atoms with E-state index < -0.39 is 0 Å². The summed E-state index contributed by atoms with van der Waals surface area (Å²) in [6, 6.07) is 0. The molecule has 0 rings (SSSR count). The zero-order valence-electron chi connectivity index (χ0n) is 6.91. The second-order valence-corrected chi connectivity index (χ2v) is 6.07. The van der Waals surface area contributed by atoms with E-state index >= 15 is 0 Å². The molecule has 0 aromatic carbocycles. The second kappa shape index (κ2) is 3.91. The molecular formula is C8H14Br2. The Morgan fingerprint density at radius 3 is 1.90 bits per heavy atom. The largest absolute Gasteiger partial charge is 0.0802 e. The van der Waals surface area contributed by atoms with E-state index in [4.69, 9.17) is 0 Å². The molecule has 0 heterocycles. The van der Waals surface area contributed by atoms with Crippen molar-refractivity contribution in [2.45, 2.75) is 32.0 Å². The number of rotatable bonds is 2. The highest BCUT2D eigenvalue weighted by Crippen LogP contribution is 2.31. The third-order valence-corrected chi connectivity index (χ3v) is 3.26. The van der Waals surface area contributed by atoms with E-state index in [0.29, 0.717) is 5.92 Å². The molecule has 10 heavy (non-hydrogen) atoms. The van der Waals surface area contributed by atoms with E-state index in [2.05, 4.69) is 65.6 Å². The molecule has 0 spiro atoms. The lowest BCUT2D eigenvalue weighted by Gasteiger charge is -2.16. The molecule has 0 atom stereocenters. The molecule has 0 aliphatic heterocycles. The molecular weight excluding hydrogens is 256 g/mol. The van der Waals surface area contributed by atoms with Crippen molar-refractivity contribution in [2.24, 2.45) is 5.92 Å². The Kier molecular flexibility index (Phi) is 4.19. The molecule has 0 amide bonds. The summed E-state index contributed by atoms with van der Waals surface area (Å²) in [6.07, 6.45) is 2.20. The Labute approximate surface area is 80.3 Å². The standard InChI is InChI=1S/C8H14Br2/c1-6(2)5-7(9)8(3,4)10/h5-6H,1-4H3/b7-5-. The van der Waals surface area contributed by atoms with Crippen LogP contribution in [-0.2, 0) is 0 Å². The fourth-order valence-electron chi connectivity index (χ4n) is 0.491. The maximum absolute atomic E-state index is 3.56. The Balaban J connectivity index is 4.20. The highest BCUT2D eigenvalue weighted by atomic mass is 79.9. The Hall–Kier alpha value is 0.700. The number of allylic oxidation sites excluding steroid dienone is 2. The predicted molar refractivity (Wildman–Crippen MR) is 54.9 cm³/mol. The van der Waals surface area contributed by atoms with E-state index in [1.54, 1.807) is 0 Å². The topological polar surface area (TPSA) is 0 Å². The van der Waals surface area contributed by atoms with Gasteiger partial charge in [-0.05, 0) is 19.8 Å². The molecule has 0 aromatic heterocycles. The second-order valence-electron chi connectivity index (χ2n) is 3.23. The maximum Gasteiger partial charge on any atom is 0.0512 e. The summed E-state index contributed by atoms with van der Waals surface area (Å²) in [5.41, 5.74) is 0. The first-order valence-corrected chi connectivity index (χ1v) is 4.99. The summed E-state index contributed by atoms with van der Waals surface area (Å²) in [7, 11) is 0. The summed E-state index contributed by atoms with van der Waals surface area (Å²) < 4.78 is 1.30. The first kappa shape index (κ1) is 10.7. The quantitative estimate of drug-likeness (QED) is 0.663. The van der Waals surface area contributed by atoms with E-state index in [1.165, 1.54) is 4.48 Å². The van der Waals surface area contributed by atoms with Crippen molar-refractivity contribution in [3.8, 4) is 0 Å². The predicted octanol–water partition coefficient (Wildman–Crippen LogP) is 4.09. The van der Waals surface area contributed by atoms with Gasteiger partial charge in [0.1, 0.15) is 0 Å². The fourth-order valence-corrected chi connectivity index (χ4v) is 1.15. The lowest BCUT2D eigenvalue weighted by Crippen LogP contribution is -2.09. The monoisotopic (exact) mass is 268 g/mol. The zero-order valence-corrected chi connectivity index (χ0v) is 10.1. The van der Waals surface area contributed by atoms with Crippen molar-refractivity contribution in [1.29, 1.82) is 0 Å². The highest BCUT2D eigenvalue weighted by Gasteiger charge is 2.16. The van der Waals surface area contributed by atoms with E-state index in [-0.39, 0.29) is 4.32 Å². The molecule has 0 aliphatic carbocycles. The molecule has 0 N–H and O–H groups in total. The highest BCUT2D eigenvalue weighted by molar-refractivity contribution is 9.14. The molecule has 0 saturated carbocycles. The number of alkyl halides is 1. The van der Waals surface area contributed by atoms with Gasteiger partial charge in [0.15, 0.2) is 0 Å². The maximum atomic E-state index is 3.56. The van der Waals surface area contributed by atoms with Crippen LogP contribution < -0.4 is 0 Å². The van der Waals surface area contributed by atoms with Crippen LogP contribution >= 0.6 is 31.9 Å². The van der Waals surface area contributed by atoms with E-state index in [0.717, 1.165) is 0 Å². The minimum Gasteiger partial charge on any atom is -0.0802 e. The third-order valence-electron chi connectivity index (χ3n) is 1.05. The SMILES string of the molecule is CC(C)/C=C(\Br)C(C)(C)Br. The van der Waals surface area contributed by atoms with Gasteiger partial charge in [-0.2, -0.15) is 0 Å². The van der Waals surface area contributed by atoms with Crippen molar-refractivity contribution >= 4 is 31.9 Å². The average Bonchev–Trinajstić information content (AvgIpc) is 1.60. The fraction of sp³-hybridized carbons (Fsp3) is 0.750. The third kappa shape index (κ3) is 4.51. The summed E-state index contributed by atoms with van der Waals surface area (Å²) in [5.74, 6) is 0.603. The number of hydrogen-bond donors (Lipinski definition) is 0. The van der Waals surface area contributed by atoms with Crippen LogP contribution in [0.5, 0.6) is 0 Å². The normalized spacial score (nSPS) is 14.5. The van der Waals surface area contributed by atoms with Gasteiger partial charge >= 0.3 is 0 Å². The average molecular weight is 270 g/mol. The molecule has 0 unspecified atom stereocenters. The van der Waals surface area contributed by atoms with Gasteiger partial charge in [-0.3, -0.25) is 0 Å². The zero-order chi connectivity index (χ0) is 8.36. The van der Waals surface area contributed by atoms with Gasteiger partial charge in [-0.25, -0.2) is 0 Å². The van der Waals surface area contributed by atoms with Crippen molar-refractivity contribution in [3.05, 3.63) is 10.6 Å². The van der Waals surface area contributed by atoms with Crippen LogP contribution in [0.4, 0.5) is 0 Å². The van der Waals surface area contributed by atoms with Crippen molar-refractivity contribution in [1.82, 2.24) is 0 Å². The number of halogens is 2. The molecule has 2 heteroatoms. The van der Waals surface area contributed by atoms with Gasteiger partial charge in [0.25, 0.3) is 0 Å². The molecule has 0 bridgehead atoms. The minimum absolute atomic E-state index is 0.0806. The van der Waals surface area contributed by atoms with Crippen LogP contribution in [0.2, 0.25) is 0 Å².